The van der Waals surface area contributed by atoms with E-state index in [4.69, 9.17) is 0 Å². The van der Waals surface area contributed by atoms with Gasteiger partial charge >= 0.3 is 0 Å². The molecule has 0 radical (unpaired) electrons. The average Bonchev–Trinajstić information content (AvgIpc) is 2.47. The molecule has 0 aliphatic heterocycles. The van der Waals surface area contributed by atoms with Crippen molar-refractivity contribution in [1.82, 2.24) is 0 Å². The van der Waals surface area contributed by atoms with Crippen LogP contribution in [0.15, 0.2) is 59.5 Å². The van der Waals surface area contributed by atoms with Crippen LogP contribution in [-0.2, 0) is 9.84 Å². The Balaban J connectivity index is 1.92. The molecule has 0 aliphatic rings. The zero-order chi connectivity index (χ0) is 15.3. The number of hydrogen-bond donors (Lipinski definition) is 1. The van der Waals surface area contributed by atoms with E-state index in [0.29, 0.717) is 10.8 Å². The molecular weight excluding hydrogens is 282 g/mol. The standard InChI is InChI=1S/C17H21NO2S/c1-14(15-7-4-3-5-8-15)11-12-18-16-9-6-10-17(13-16)21(2,19)20/h3-10,13-14,18H,11-12H2,1-2H3. The third-order valence-electron chi connectivity index (χ3n) is 3.54. The predicted octanol–water partition coefficient (Wildman–Crippen LogP) is 3.70. The third kappa shape index (κ3) is 4.60. The van der Waals surface area contributed by atoms with E-state index in [-0.39, 0.29) is 0 Å². The molecule has 1 unspecified atom stereocenters. The van der Waals surface area contributed by atoms with Crippen LogP contribution in [0.5, 0.6) is 0 Å². The highest BCUT2D eigenvalue weighted by Crippen LogP contribution is 2.19. The number of sulfone groups is 1. The molecule has 4 heteroatoms. The van der Waals surface area contributed by atoms with Gasteiger partial charge in [0.05, 0.1) is 4.90 Å². The first-order chi connectivity index (χ1) is 9.97. The molecule has 0 aromatic heterocycles. The van der Waals surface area contributed by atoms with E-state index in [1.807, 2.05) is 12.1 Å². The minimum atomic E-state index is -3.15. The minimum absolute atomic E-state index is 0.351. The molecule has 2 aromatic carbocycles. The van der Waals surface area contributed by atoms with E-state index in [0.717, 1.165) is 18.7 Å². The van der Waals surface area contributed by atoms with Crippen molar-refractivity contribution in [2.24, 2.45) is 0 Å². The van der Waals surface area contributed by atoms with Crippen molar-refractivity contribution >= 4 is 15.5 Å². The zero-order valence-electron chi connectivity index (χ0n) is 12.4. The lowest BCUT2D eigenvalue weighted by Gasteiger charge is -2.13. The van der Waals surface area contributed by atoms with Gasteiger partial charge in [-0.05, 0) is 36.1 Å². The Morgan fingerprint density at radius 3 is 2.43 bits per heavy atom. The molecule has 0 aliphatic carbocycles. The van der Waals surface area contributed by atoms with Crippen molar-refractivity contribution in [3.8, 4) is 0 Å². The van der Waals surface area contributed by atoms with E-state index in [9.17, 15) is 8.42 Å². The van der Waals surface area contributed by atoms with Gasteiger partial charge in [0.25, 0.3) is 0 Å². The zero-order valence-corrected chi connectivity index (χ0v) is 13.2. The molecule has 3 nitrogen and oxygen atoms in total. The van der Waals surface area contributed by atoms with Crippen LogP contribution in [0.25, 0.3) is 0 Å². The fourth-order valence-electron chi connectivity index (χ4n) is 2.22. The second-order valence-corrected chi connectivity index (χ2v) is 7.34. The summed E-state index contributed by atoms with van der Waals surface area (Å²) in [5.74, 6) is 0.469. The van der Waals surface area contributed by atoms with Crippen LogP contribution in [0.3, 0.4) is 0 Å². The van der Waals surface area contributed by atoms with Gasteiger partial charge in [-0.3, -0.25) is 0 Å². The predicted molar refractivity (Wildman–Crippen MR) is 87.5 cm³/mol. The molecule has 2 aromatic rings. The summed E-state index contributed by atoms with van der Waals surface area (Å²) in [6.45, 7) is 3.01. The summed E-state index contributed by atoms with van der Waals surface area (Å²) in [4.78, 5) is 0.351. The quantitative estimate of drug-likeness (QED) is 0.885. The van der Waals surface area contributed by atoms with Gasteiger partial charge < -0.3 is 5.32 Å². The van der Waals surface area contributed by atoms with Crippen LogP contribution >= 0.6 is 0 Å². The van der Waals surface area contributed by atoms with E-state index < -0.39 is 9.84 Å². The lowest BCUT2D eigenvalue weighted by molar-refractivity contribution is 0.602. The smallest absolute Gasteiger partial charge is 0.175 e. The number of anilines is 1. The molecule has 0 bridgehead atoms. The largest absolute Gasteiger partial charge is 0.385 e. The van der Waals surface area contributed by atoms with Gasteiger partial charge in [-0.1, -0.05) is 43.3 Å². The van der Waals surface area contributed by atoms with Gasteiger partial charge in [-0.15, -0.1) is 0 Å². The second kappa shape index (κ2) is 6.76. The Morgan fingerprint density at radius 1 is 1.05 bits per heavy atom. The Kier molecular flexibility index (Phi) is 5.02. The van der Waals surface area contributed by atoms with Gasteiger partial charge in [0.1, 0.15) is 0 Å². The van der Waals surface area contributed by atoms with E-state index >= 15 is 0 Å². The molecule has 0 heterocycles. The second-order valence-electron chi connectivity index (χ2n) is 5.33. The Hall–Kier alpha value is -1.81. The van der Waals surface area contributed by atoms with E-state index in [1.165, 1.54) is 11.8 Å². The van der Waals surface area contributed by atoms with Crippen molar-refractivity contribution in [1.29, 1.82) is 0 Å². The van der Waals surface area contributed by atoms with Crippen LogP contribution in [0, 0.1) is 0 Å². The van der Waals surface area contributed by atoms with Crippen LogP contribution in [0.4, 0.5) is 5.69 Å². The van der Waals surface area contributed by atoms with Crippen molar-refractivity contribution in [3.63, 3.8) is 0 Å². The van der Waals surface area contributed by atoms with E-state index in [1.54, 1.807) is 18.2 Å². The molecule has 0 amide bonds. The van der Waals surface area contributed by atoms with Gasteiger partial charge in [0, 0.05) is 18.5 Å². The molecule has 112 valence electrons. The van der Waals surface area contributed by atoms with Crippen molar-refractivity contribution in [2.45, 2.75) is 24.2 Å². The number of hydrogen-bond acceptors (Lipinski definition) is 3. The minimum Gasteiger partial charge on any atom is -0.385 e. The van der Waals surface area contributed by atoms with Crippen molar-refractivity contribution < 1.29 is 8.42 Å². The fourth-order valence-corrected chi connectivity index (χ4v) is 2.88. The first-order valence-electron chi connectivity index (χ1n) is 7.06. The van der Waals surface area contributed by atoms with Crippen LogP contribution in [-0.4, -0.2) is 21.2 Å². The fraction of sp³-hybridized carbons (Fsp3) is 0.294. The van der Waals surface area contributed by atoms with Crippen molar-refractivity contribution in [3.05, 3.63) is 60.2 Å². The Morgan fingerprint density at radius 2 is 1.76 bits per heavy atom. The maximum Gasteiger partial charge on any atom is 0.175 e. The van der Waals surface area contributed by atoms with Gasteiger partial charge in [0.2, 0.25) is 0 Å². The lowest BCUT2D eigenvalue weighted by atomic mass is 9.98. The van der Waals surface area contributed by atoms with Crippen molar-refractivity contribution in [2.75, 3.05) is 18.1 Å². The molecular formula is C17H21NO2S. The van der Waals surface area contributed by atoms with E-state index in [2.05, 4.69) is 36.5 Å². The summed E-state index contributed by atoms with van der Waals surface area (Å²) in [6, 6.07) is 17.3. The maximum absolute atomic E-state index is 11.5. The molecule has 2 rings (SSSR count). The van der Waals surface area contributed by atoms with Crippen LogP contribution in [0.2, 0.25) is 0 Å². The normalized spacial score (nSPS) is 12.9. The summed E-state index contributed by atoms with van der Waals surface area (Å²) < 4.78 is 23.0. The summed E-state index contributed by atoms with van der Waals surface area (Å²) in [5.41, 5.74) is 2.17. The first-order valence-corrected chi connectivity index (χ1v) is 8.95. The molecule has 1 N–H and O–H groups in total. The van der Waals surface area contributed by atoms with Crippen LogP contribution < -0.4 is 5.32 Å². The topological polar surface area (TPSA) is 46.2 Å². The molecule has 0 saturated carbocycles. The average molecular weight is 303 g/mol. The first kappa shape index (κ1) is 15.6. The summed E-state index contributed by atoms with van der Waals surface area (Å²) in [7, 11) is -3.15. The highest BCUT2D eigenvalue weighted by molar-refractivity contribution is 7.90. The highest BCUT2D eigenvalue weighted by Gasteiger charge is 2.08. The molecule has 1 atom stereocenters. The third-order valence-corrected chi connectivity index (χ3v) is 4.65. The summed E-state index contributed by atoms with van der Waals surface area (Å²) in [6.07, 6.45) is 2.22. The van der Waals surface area contributed by atoms with Gasteiger partial charge in [-0.25, -0.2) is 8.42 Å². The summed E-state index contributed by atoms with van der Waals surface area (Å²) in [5, 5.41) is 3.29. The van der Waals surface area contributed by atoms with Gasteiger partial charge in [-0.2, -0.15) is 0 Å². The maximum atomic E-state index is 11.5. The molecule has 0 saturated heterocycles. The van der Waals surface area contributed by atoms with Crippen LogP contribution in [0.1, 0.15) is 24.8 Å². The Labute approximate surface area is 126 Å². The number of rotatable bonds is 6. The monoisotopic (exact) mass is 303 g/mol. The van der Waals surface area contributed by atoms with Gasteiger partial charge in [0.15, 0.2) is 9.84 Å². The number of nitrogens with one attached hydrogen (secondary N) is 1. The SMILES string of the molecule is CC(CCNc1cccc(S(C)(=O)=O)c1)c1ccccc1. The number of benzene rings is 2. The summed E-state index contributed by atoms with van der Waals surface area (Å²) >= 11 is 0. The highest BCUT2D eigenvalue weighted by atomic mass is 32.2. The molecule has 21 heavy (non-hydrogen) atoms. The lowest BCUT2D eigenvalue weighted by Crippen LogP contribution is -2.06. The Bertz CT molecular complexity index is 681. The molecule has 0 spiro atoms. The molecule has 0 fully saturated rings.